The minimum absolute atomic E-state index is 0.142. The molecule has 1 N–H and O–H groups in total. The van der Waals surface area contributed by atoms with Gasteiger partial charge >= 0.3 is 6.03 Å². The molecule has 0 saturated carbocycles. The van der Waals surface area contributed by atoms with E-state index in [1.165, 1.54) is 15.5 Å². The number of amides is 2. The van der Waals surface area contributed by atoms with Crippen molar-refractivity contribution in [2.24, 2.45) is 11.0 Å². The number of hydrogen-bond acceptors (Lipinski definition) is 5. The first-order chi connectivity index (χ1) is 18.0. The van der Waals surface area contributed by atoms with Crippen molar-refractivity contribution in [1.82, 2.24) is 15.2 Å². The summed E-state index contributed by atoms with van der Waals surface area (Å²) in [6.07, 6.45) is 16.9. The van der Waals surface area contributed by atoms with E-state index in [2.05, 4.69) is 46.8 Å². The van der Waals surface area contributed by atoms with Gasteiger partial charge in [-0.25, -0.2) is 4.79 Å². The van der Waals surface area contributed by atoms with Gasteiger partial charge in [-0.05, 0) is 54.9 Å². The molecule has 3 aliphatic heterocycles. The average molecular weight is 534 g/mol. The number of anilines is 1. The van der Waals surface area contributed by atoms with Crippen molar-refractivity contribution < 1.29 is 9.21 Å². The number of halogens is 1. The van der Waals surface area contributed by atoms with Gasteiger partial charge in [0.25, 0.3) is 0 Å². The number of hydrazone groups is 1. The van der Waals surface area contributed by atoms with Crippen LogP contribution in [0.3, 0.4) is 0 Å². The Kier molecular flexibility index (Phi) is 6.30. The van der Waals surface area contributed by atoms with Crippen molar-refractivity contribution in [2.75, 3.05) is 17.7 Å². The Morgan fingerprint density at radius 1 is 1.24 bits per heavy atom. The Bertz CT molecular complexity index is 1440. The lowest BCUT2D eigenvalue weighted by atomic mass is 10.0. The number of aryl methyl sites for hydroxylation is 1. The Morgan fingerprint density at radius 2 is 2.11 bits per heavy atom. The van der Waals surface area contributed by atoms with Gasteiger partial charge in [-0.2, -0.15) is 10.1 Å². The number of nitrogens with zero attached hydrogens (tertiary/aromatic N) is 4. The second-order valence-electron chi connectivity index (χ2n) is 9.48. The second-order valence-corrected chi connectivity index (χ2v) is 11.7. The van der Waals surface area contributed by atoms with Crippen LogP contribution in [-0.4, -0.2) is 40.1 Å². The summed E-state index contributed by atoms with van der Waals surface area (Å²) < 4.78 is 5.43. The fourth-order valence-corrected chi connectivity index (χ4v) is 7.21. The third-order valence-corrected chi connectivity index (χ3v) is 9.30. The summed E-state index contributed by atoms with van der Waals surface area (Å²) in [5, 5.41) is 9.68. The monoisotopic (exact) mass is 533 g/mol. The maximum Gasteiger partial charge on any atom is 0.344 e. The number of allylic oxidation sites excluding steroid dienone is 2. The molecule has 4 heterocycles. The molecule has 9 heteroatoms. The average Bonchev–Trinajstić information content (AvgIpc) is 3.68. The van der Waals surface area contributed by atoms with Gasteiger partial charge in [-0.15, -0.1) is 10.5 Å². The van der Waals surface area contributed by atoms with Crippen LogP contribution < -0.4 is 10.2 Å². The molecular formula is C28H28ClN5O2S. The van der Waals surface area contributed by atoms with Crippen LogP contribution in [0, 0.1) is 5.92 Å². The maximum absolute atomic E-state index is 13.4. The largest absolute Gasteiger partial charge is 0.469 e. The Hall–Kier alpha value is -3.49. The molecule has 190 valence electrons. The number of urea groups is 1. The summed E-state index contributed by atoms with van der Waals surface area (Å²) in [6.45, 7) is 2.67. The molecule has 0 radical (unpaired) electrons. The van der Waals surface area contributed by atoms with Crippen LogP contribution in [0.4, 0.5) is 10.5 Å². The fourth-order valence-electron chi connectivity index (χ4n) is 4.96. The van der Waals surface area contributed by atoms with Gasteiger partial charge in [0.2, 0.25) is 0 Å². The third-order valence-electron chi connectivity index (χ3n) is 6.94. The molecule has 1 aromatic heterocycles. The summed E-state index contributed by atoms with van der Waals surface area (Å²) in [4.78, 5) is 19.9. The van der Waals surface area contributed by atoms with Crippen molar-refractivity contribution in [2.45, 2.75) is 26.2 Å². The van der Waals surface area contributed by atoms with Crippen molar-refractivity contribution in [3.05, 3.63) is 99.9 Å². The first kappa shape index (κ1) is 23.9. The summed E-state index contributed by atoms with van der Waals surface area (Å²) in [5.41, 5.74) is 3.34. The third kappa shape index (κ3) is 4.34. The standard InChI is InChI=1S/C28H28ClN5O2S/c1-19(12-13-20-7-6-14-36-20)15-30-28(35)34-26-17-32(24-10-4-3-9-23(24)29)16-22-21-8-5-11-25(21)37(2)27(22)33(26)18-31-34/h3-7,9-11,14,16-19H,8,12-13,15H2,1-2H3,(H,30,35). The summed E-state index contributed by atoms with van der Waals surface area (Å²) in [7, 11) is -0.142. The predicted molar refractivity (Wildman–Crippen MR) is 151 cm³/mol. The molecule has 0 spiro atoms. The number of hydrogen-bond donors (Lipinski definition) is 1. The SMILES string of the molecule is CC(CCc1ccco1)CNC(=O)N1N=CN2C1=CN(c1ccccc1Cl)C=C1C3=C(C=CC3)S(C)=C12. The number of benzene rings is 1. The zero-order valence-electron chi connectivity index (χ0n) is 20.7. The number of nitrogens with one attached hydrogen (secondary N) is 1. The number of furan rings is 1. The minimum Gasteiger partial charge on any atom is -0.469 e. The topological polar surface area (TPSA) is 64.3 Å². The van der Waals surface area contributed by atoms with Crippen molar-refractivity contribution in [1.29, 1.82) is 0 Å². The van der Waals surface area contributed by atoms with Crippen molar-refractivity contribution >= 4 is 45.1 Å². The van der Waals surface area contributed by atoms with E-state index < -0.39 is 0 Å². The molecule has 2 atom stereocenters. The zero-order chi connectivity index (χ0) is 25.5. The van der Waals surface area contributed by atoms with E-state index in [0.717, 1.165) is 41.3 Å². The number of fused-ring (bicyclic) bond motifs is 4. The van der Waals surface area contributed by atoms with E-state index in [9.17, 15) is 4.79 Å². The first-order valence-corrected chi connectivity index (χ1v) is 14.4. The molecule has 4 aliphatic rings. The van der Waals surface area contributed by atoms with Gasteiger partial charge in [-0.3, -0.25) is 4.90 Å². The van der Waals surface area contributed by atoms with Gasteiger partial charge in [0.1, 0.15) is 12.1 Å². The molecule has 37 heavy (non-hydrogen) atoms. The van der Waals surface area contributed by atoms with Crippen LogP contribution in [0.1, 0.15) is 25.5 Å². The minimum atomic E-state index is -0.257. The van der Waals surface area contributed by atoms with Crippen LogP contribution in [0.5, 0.6) is 0 Å². The Morgan fingerprint density at radius 3 is 2.92 bits per heavy atom. The lowest BCUT2D eigenvalue weighted by Crippen LogP contribution is -2.40. The second kappa shape index (κ2) is 9.76. The van der Waals surface area contributed by atoms with Gasteiger partial charge in [0.15, 0.2) is 5.82 Å². The van der Waals surface area contributed by atoms with Gasteiger partial charge in [0.05, 0.1) is 28.2 Å². The predicted octanol–water partition coefficient (Wildman–Crippen LogP) is 6.23. The molecule has 2 aromatic rings. The van der Waals surface area contributed by atoms with Crippen LogP contribution in [0.2, 0.25) is 5.02 Å². The van der Waals surface area contributed by atoms with Gasteiger partial charge < -0.3 is 14.6 Å². The smallest absolute Gasteiger partial charge is 0.344 e. The highest BCUT2D eigenvalue weighted by Gasteiger charge is 2.39. The molecule has 2 amide bonds. The Balaban J connectivity index is 1.27. The normalized spacial score (nSPS) is 20.6. The number of carbonyl (C=O) groups is 1. The molecule has 1 aromatic carbocycles. The van der Waals surface area contributed by atoms with Crippen LogP contribution in [0.15, 0.2) is 98.6 Å². The summed E-state index contributed by atoms with van der Waals surface area (Å²) in [5.74, 6) is 1.92. The van der Waals surface area contributed by atoms with E-state index in [1.54, 1.807) is 12.6 Å². The van der Waals surface area contributed by atoms with E-state index in [1.807, 2.05) is 47.5 Å². The number of rotatable bonds is 6. The molecule has 6 rings (SSSR count). The molecule has 0 fully saturated rings. The Labute approximate surface area is 224 Å². The molecule has 1 aliphatic carbocycles. The van der Waals surface area contributed by atoms with Crippen LogP contribution in [0.25, 0.3) is 0 Å². The summed E-state index contributed by atoms with van der Waals surface area (Å²) in [6, 6.07) is 11.4. The highest BCUT2D eigenvalue weighted by Crippen LogP contribution is 2.48. The molecule has 0 bridgehead atoms. The highest BCUT2D eigenvalue weighted by atomic mass is 35.5. The van der Waals surface area contributed by atoms with E-state index in [0.29, 0.717) is 17.4 Å². The van der Waals surface area contributed by atoms with Crippen LogP contribution in [-0.2, 0) is 6.42 Å². The molecular weight excluding hydrogens is 506 g/mol. The van der Waals surface area contributed by atoms with Gasteiger partial charge in [0, 0.05) is 29.6 Å². The van der Waals surface area contributed by atoms with E-state index in [-0.39, 0.29) is 22.4 Å². The lowest BCUT2D eigenvalue weighted by molar-refractivity contribution is 0.209. The van der Waals surface area contributed by atoms with Crippen molar-refractivity contribution in [3.63, 3.8) is 0 Å². The maximum atomic E-state index is 13.4. The van der Waals surface area contributed by atoms with Crippen LogP contribution >= 0.6 is 22.1 Å². The fraction of sp³-hybridized carbons (Fsp3) is 0.250. The quantitative estimate of drug-likeness (QED) is 0.447. The van der Waals surface area contributed by atoms with Gasteiger partial charge in [-0.1, -0.05) is 42.8 Å². The number of carbonyl (C=O) groups excluding carboxylic acids is 1. The first-order valence-electron chi connectivity index (χ1n) is 12.3. The molecule has 7 nitrogen and oxygen atoms in total. The number of para-hydroxylation sites is 1. The van der Waals surface area contributed by atoms with E-state index in [4.69, 9.17) is 16.0 Å². The van der Waals surface area contributed by atoms with E-state index >= 15 is 0 Å². The van der Waals surface area contributed by atoms with Crippen molar-refractivity contribution in [3.8, 4) is 0 Å². The summed E-state index contributed by atoms with van der Waals surface area (Å²) >= 11 is 6.61. The molecule has 2 unspecified atom stereocenters. The molecule has 0 saturated heterocycles. The zero-order valence-corrected chi connectivity index (χ0v) is 22.3. The lowest BCUT2D eigenvalue weighted by Gasteiger charge is -2.24. The highest BCUT2D eigenvalue weighted by molar-refractivity contribution is 8.19.